The van der Waals surface area contributed by atoms with Gasteiger partial charge in [-0.1, -0.05) is 19.1 Å². The van der Waals surface area contributed by atoms with Crippen LogP contribution in [0.1, 0.15) is 27.2 Å². The topological polar surface area (TPSA) is 76.1 Å². The molecule has 3 rings (SSSR count). The third-order valence-corrected chi connectivity index (χ3v) is 8.34. The third kappa shape index (κ3) is 9.74. The Morgan fingerprint density at radius 3 is 2.25 bits per heavy atom. The molecule has 0 spiro atoms. The predicted octanol–water partition coefficient (Wildman–Crippen LogP) is 6.96. The maximum absolute atomic E-state index is 13.9. The molecule has 0 radical (unpaired) electrons. The number of aromatic nitrogens is 1. The van der Waals surface area contributed by atoms with Gasteiger partial charge in [-0.3, -0.25) is 4.79 Å². The maximum atomic E-state index is 13.9. The van der Waals surface area contributed by atoms with Crippen molar-refractivity contribution in [3.8, 4) is 17.0 Å². The molecule has 40 heavy (non-hydrogen) atoms. The normalized spacial score (nSPS) is 11.6. The zero-order chi connectivity index (χ0) is 29.0. The maximum Gasteiger partial charge on any atom is 0.311 e. The third-order valence-electron chi connectivity index (χ3n) is 6.14. The lowest BCUT2D eigenvalue weighted by atomic mass is 9.91. The summed E-state index contributed by atoms with van der Waals surface area (Å²) in [7, 11) is 0. The van der Waals surface area contributed by atoms with E-state index in [0.29, 0.717) is 56.0 Å². The van der Waals surface area contributed by atoms with Crippen LogP contribution in [-0.2, 0) is 23.7 Å². The lowest BCUT2D eigenvalue weighted by molar-refractivity contribution is -0.155. The van der Waals surface area contributed by atoms with Gasteiger partial charge in [-0.15, -0.1) is 23.1 Å². The van der Waals surface area contributed by atoms with Gasteiger partial charge in [0, 0.05) is 27.5 Å². The SMILES string of the molecule is CCC(C)(C)C(=O)OCCOCCOCCOCCOc1ccc2cc(-c3cc(F)ccc3SC)c(=S)sc2n1. The number of nitrogens with zero attached hydrogens (tertiary/aromatic N) is 1. The molecule has 0 saturated heterocycles. The molecule has 0 aliphatic rings. The lowest BCUT2D eigenvalue weighted by Gasteiger charge is -2.20. The van der Waals surface area contributed by atoms with Crippen LogP contribution >= 0.6 is 35.3 Å². The summed E-state index contributed by atoms with van der Waals surface area (Å²) < 4.78 is 42.0. The number of thioether (sulfide) groups is 1. The highest BCUT2D eigenvalue weighted by molar-refractivity contribution is 7.98. The number of esters is 1. The van der Waals surface area contributed by atoms with E-state index >= 15 is 0 Å². The fourth-order valence-corrected chi connectivity index (χ4v) is 5.26. The summed E-state index contributed by atoms with van der Waals surface area (Å²) in [6.07, 6.45) is 2.69. The number of benzene rings is 1. The van der Waals surface area contributed by atoms with Gasteiger partial charge in [0.15, 0.2) is 0 Å². The second-order valence-corrected chi connectivity index (χ2v) is 11.9. The number of carbonyl (C=O) groups is 1. The van der Waals surface area contributed by atoms with Crippen molar-refractivity contribution in [1.29, 1.82) is 0 Å². The number of carbonyl (C=O) groups excluding carboxylic acids is 1. The number of halogens is 1. The van der Waals surface area contributed by atoms with Crippen molar-refractivity contribution >= 4 is 51.5 Å². The standard InChI is InChI=1S/C29H36FNO6S3/c1-5-29(2,3)28(32)37-17-15-35-13-11-33-10-12-34-14-16-36-25-9-6-20-18-23(27(38)40-26(20)31-25)22-19-21(30)7-8-24(22)39-4/h6-9,18-19H,5,10-17H2,1-4H3. The summed E-state index contributed by atoms with van der Waals surface area (Å²) in [5.74, 6) is -0.0121. The minimum atomic E-state index is -0.467. The monoisotopic (exact) mass is 609 g/mol. The molecular weight excluding hydrogens is 574 g/mol. The molecule has 0 N–H and O–H groups in total. The Bertz CT molecular complexity index is 1320. The van der Waals surface area contributed by atoms with Gasteiger partial charge in [0.2, 0.25) is 5.88 Å². The summed E-state index contributed by atoms with van der Waals surface area (Å²) in [6, 6.07) is 10.4. The molecule has 0 bridgehead atoms. The second-order valence-electron chi connectivity index (χ2n) is 9.39. The largest absolute Gasteiger partial charge is 0.475 e. The molecule has 218 valence electrons. The van der Waals surface area contributed by atoms with E-state index in [4.69, 9.17) is 35.9 Å². The Morgan fingerprint density at radius 1 is 0.950 bits per heavy atom. The summed E-state index contributed by atoms with van der Waals surface area (Å²) >= 11 is 8.56. The van der Waals surface area contributed by atoms with Gasteiger partial charge in [-0.25, -0.2) is 9.37 Å². The van der Waals surface area contributed by atoms with Crippen molar-refractivity contribution in [3.05, 3.63) is 46.0 Å². The van der Waals surface area contributed by atoms with Crippen molar-refractivity contribution in [3.63, 3.8) is 0 Å². The summed E-state index contributed by atoms with van der Waals surface area (Å²) in [5.41, 5.74) is 1.15. The van der Waals surface area contributed by atoms with Crippen molar-refractivity contribution in [1.82, 2.24) is 4.98 Å². The highest BCUT2D eigenvalue weighted by Gasteiger charge is 2.26. The Labute approximate surface area is 248 Å². The summed E-state index contributed by atoms with van der Waals surface area (Å²) in [6.45, 7) is 8.72. The molecule has 0 atom stereocenters. The van der Waals surface area contributed by atoms with Crippen LogP contribution in [0.5, 0.6) is 5.88 Å². The molecule has 11 heteroatoms. The average Bonchev–Trinajstić information content (AvgIpc) is 2.94. The smallest absolute Gasteiger partial charge is 0.311 e. The first kappa shape index (κ1) is 32.4. The first-order valence-electron chi connectivity index (χ1n) is 13.1. The van der Waals surface area contributed by atoms with Gasteiger partial charge in [-0.05, 0) is 56.9 Å². The Hall–Kier alpha value is -2.15. The van der Waals surface area contributed by atoms with Crippen LogP contribution in [0.3, 0.4) is 0 Å². The molecule has 2 aromatic heterocycles. The van der Waals surface area contributed by atoms with Crippen molar-refractivity contribution in [2.75, 3.05) is 59.1 Å². The van der Waals surface area contributed by atoms with Gasteiger partial charge in [0.25, 0.3) is 0 Å². The van der Waals surface area contributed by atoms with Crippen LogP contribution < -0.4 is 4.74 Å². The molecule has 0 unspecified atom stereocenters. The first-order chi connectivity index (χ1) is 19.2. The quantitative estimate of drug-likeness (QED) is 0.0699. The fourth-order valence-electron chi connectivity index (χ4n) is 3.42. The minimum absolute atomic E-state index is 0.209. The fraction of sp³-hybridized carbons (Fsp3) is 0.483. The zero-order valence-corrected chi connectivity index (χ0v) is 25.8. The van der Waals surface area contributed by atoms with E-state index in [-0.39, 0.29) is 18.4 Å². The van der Waals surface area contributed by atoms with E-state index in [0.717, 1.165) is 32.7 Å². The Balaban J connectivity index is 1.31. The van der Waals surface area contributed by atoms with Crippen molar-refractivity contribution < 1.29 is 32.9 Å². The van der Waals surface area contributed by atoms with E-state index < -0.39 is 5.41 Å². The molecular formula is C29H36FNO6S3. The van der Waals surface area contributed by atoms with E-state index in [1.807, 2.05) is 39.2 Å². The molecule has 0 saturated carbocycles. The lowest BCUT2D eigenvalue weighted by Crippen LogP contribution is -2.27. The molecule has 7 nitrogen and oxygen atoms in total. The van der Waals surface area contributed by atoms with Gasteiger partial charge >= 0.3 is 5.97 Å². The van der Waals surface area contributed by atoms with Gasteiger partial charge in [0.1, 0.15) is 23.9 Å². The van der Waals surface area contributed by atoms with Crippen LogP contribution in [0.2, 0.25) is 0 Å². The number of ether oxygens (including phenoxy) is 5. The van der Waals surface area contributed by atoms with Crippen LogP contribution in [0.15, 0.2) is 41.3 Å². The van der Waals surface area contributed by atoms with Crippen LogP contribution in [0.25, 0.3) is 21.3 Å². The highest BCUT2D eigenvalue weighted by Crippen LogP contribution is 2.35. The van der Waals surface area contributed by atoms with E-state index in [1.165, 1.54) is 23.5 Å². The van der Waals surface area contributed by atoms with Crippen LogP contribution in [-0.4, -0.2) is 70.1 Å². The molecule has 1 aromatic carbocycles. The Kier molecular flexibility index (Phi) is 13.2. The van der Waals surface area contributed by atoms with Crippen LogP contribution in [0.4, 0.5) is 4.39 Å². The van der Waals surface area contributed by atoms with Gasteiger partial charge in [-0.2, -0.15) is 0 Å². The average molecular weight is 610 g/mol. The number of hydrogen-bond acceptors (Lipinski definition) is 10. The second kappa shape index (κ2) is 16.3. The van der Waals surface area contributed by atoms with E-state index in [1.54, 1.807) is 23.9 Å². The number of pyridine rings is 1. The molecule has 0 aliphatic heterocycles. The molecule has 0 fully saturated rings. The van der Waals surface area contributed by atoms with Crippen molar-refractivity contribution in [2.24, 2.45) is 5.41 Å². The summed E-state index contributed by atoms with van der Waals surface area (Å²) in [4.78, 5) is 18.2. The van der Waals surface area contributed by atoms with E-state index in [2.05, 4.69) is 4.98 Å². The molecule has 0 amide bonds. The zero-order valence-electron chi connectivity index (χ0n) is 23.3. The number of hydrogen-bond donors (Lipinski definition) is 0. The number of fused-ring (bicyclic) bond motifs is 1. The Morgan fingerprint density at radius 2 is 1.60 bits per heavy atom. The van der Waals surface area contributed by atoms with Gasteiger partial charge in [0.05, 0.1) is 48.9 Å². The molecule has 2 heterocycles. The molecule has 0 aliphatic carbocycles. The predicted molar refractivity (Wildman–Crippen MR) is 161 cm³/mol. The minimum Gasteiger partial charge on any atom is -0.475 e. The first-order valence-corrected chi connectivity index (χ1v) is 15.5. The van der Waals surface area contributed by atoms with Crippen LogP contribution in [0, 0.1) is 15.1 Å². The van der Waals surface area contributed by atoms with Gasteiger partial charge < -0.3 is 23.7 Å². The number of rotatable bonds is 17. The van der Waals surface area contributed by atoms with E-state index in [9.17, 15) is 9.18 Å². The summed E-state index contributed by atoms with van der Waals surface area (Å²) in [5, 5.41) is 0.913. The molecule has 3 aromatic rings. The highest BCUT2D eigenvalue weighted by atomic mass is 32.2. The van der Waals surface area contributed by atoms with Crippen molar-refractivity contribution in [2.45, 2.75) is 32.1 Å².